The molecule has 0 spiro atoms. The number of aliphatic hydroxyl groups excluding tert-OH is 1. The van der Waals surface area contributed by atoms with Crippen LogP contribution in [0.1, 0.15) is 11.7 Å². The van der Waals surface area contributed by atoms with E-state index in [0.29, 0.717) is 0 Å². The third-order valence-corrected chi connectivity index (χ3v) is 2.49. The van der Waals surface area contributed by atoms with Crippen molar-refractivity contribution in [1.82, 2.24) is 0 Å². The van der Waals surface area contributed by atoms with Crippen LogP contribution in [0.15, 0.2) is 6.07 Å². The van der Waals surface area contributed by atoms with Crippen LogP contribution in [0.25, 0.3) is 0 Å². The highest BCUT2D eigenvalue weighted by Gasteiger charge is 2.32. The van der Waals surface area contributed by atoms with Gasteiger partial charge in [-0.3, -0.25) is 0 Å². The second-order valence-electron chi connectivity index (χ2n) is 3.57. The first kappa shape index (κ1) is 12.4. The van der Waals surface area contributed by atoms with E-state index in [4.69, 9.17) is 9.47 Å². The lowest BCUT2D eigenvalue weighted by molar-refractivity contribution is -0.150. The SMILES string of the molecule is COC(=O)C(O)c1c(O)c(F)cc2c1OCCO2. The van der Waals surface area contributed by atoms with Crippen molar-refractivity contribution in [2.45, 2.75) is 6.10 Å². The smallest absolute Gasteiger partial charge is 0.339 e. The average Bonchev–Trinajstić information content (AvgIpc) is 2.38. The van der Waals surface area contributed by atoms with Gasteiger partial charge in [0.05, 0.1) is 12.7 Å². The molecule has 0 amide bonds. The van der Waals surface area contributed by atoms with Crippen LogP contribution in [-0.2, 0) is 9.53 Å². The summed E-state index contributed by atoms with van der Waals surface area (Å²) in [5, 5.41) is 19.3. The molecule has 0 radical (unpaired) electrons. The lowest BCUT2D eigenvalue weighted by atomic mass is 10.1. The van der Waals surface area contributed by atoms with Crippen LogP contribution in [0.5, 0.6) is 17.2 Å². The number of benzene rings is 1. The van der Waals surface area contributed by atoms with Crippen molar-refractivity contribution >= 4 is 5.97 Å². The van der Waals surface area contributed by atoms with Gasteiger partial charge in [0.25, 0.3) is 0 Å². The lowest BCUT2D eigenvalue weighted by Crippen LogP contribution is -2.21. The molecule has 98 valence electrons. The first-order chi connectivity index (χ1) is 8.56. The molecule has 2 rings (SSSR count). The largest absolute Gasteiger partial charge is 0.504 e. The summed E-state index contributed by atoms with van der Waals surface area (Å²) in [6.45, 7) is 0.379. The number of carbonyl (C=O) groups excluding carboxylic acids is 1. The number of phenols is 1. The zero-order valence-corrected chi connectivity index (χ0v) is 9.47. The summed E-state index contributed by atoms with van der Waals surface area (Å²) in [7, 11) is 1.06. The minimum absolute atomic E-state index is 0.0227. The number of aliphatic hydroxyl groups is 1. The number of hydrogen-bond donors (Lipinski definition) is 2. The normalized spacial score (nSPS) is 15.1. The summed E-state index contributed by atoms with van der Waals surface area (Å²) in [5.74, 6) is -2.95. The van der Waals surface area contributed by atoms with E-state index in [1.807, 2.05) is 0 Å². The Kier molecular flexibility index (Phi) is 3.24. The third kappa shape index (κ3) is 1.92. The number of carbonyl (C=O) groups is 1. The molecule has 7 heteroatoms. The lowest BCUT2D eigenvalue weighted by Gasteiger charge is -2.23. The molecule has 1 heterocycles. The highest BCUT2D eigenvalue weighted by molar-refractivity contribution is 5.79. The Hall–Kier alpha value is -2.02. The molecule has 1 aromatic carbocycles. The number of esters is 1. The van der Waals surface area contributed by atoms with Gasteiger partial charge in [-0.05, 0) is 0 Å². The Morgan fingerprint density at radius 2 is 2.17 bits per heavy atom. The summed E-state index contributed by atoms with van der Waals surface area (Å²) < 4.78 is 28.1. The van der Waals surface area contributed by atoms with Crippen LogP contribution in [0.3, 0.4) is 0 Å². The van der Waals surface area contributed by atoms with Gasteiger partial charge >= 0.3 is 5.97 Å². The second kappa shape index (κ2) is 4.69. The zero-order valence-electron chi connectivity index (χ0n) is 9.47. The molecule has 0 fully saturated rings. The summed E-state index contributed by atoms with van der Waals surface area (Å²) in [4.78, 5) is 11.3. The number of rotatable bonds is 2. The molecule has 0 saturated heterocycles. The number of methoxy groups -OCH3 is 1. The van der Waals surface area contributed by atoms with Gasteiger partial charge in [0.2, 0.25) is 0 Å². The standard InChI is InChI=1S/C11H11FO6/c1-16-11(15)9(14)7-8(13)5(12)4-6-10(7)18-3-2-17-6/h4,9,13-14H,2-3H2,1H3. The van der Waals surface area contributed by atoms with E-state index >= 15 is 0 Å². The molecule has 0 aromatic heterocycles. The first-order valence-electron chi connectivity index (χ1n) is 5.13. The van der Waals surface area contributed by atoms with Gasteiger partial charge in [0.15, 0.2) is 29.2 Å². The van der Waals surface area contributed by atoms with Crippen molar-refractivity contribution in [1.29, 1.82) is 0 Å². The number of halogens is 1. The van der Waals surface area contributed by atoms with E-state index in [0.717, 1.165) is 13.2 Å². The minimum Gasteiger partial charge on any atom is -0.504 e. The zero-order chi connectivity index (χ0) is 13.3. The molecule has 1 atom stereocenters. The molecule has 1 aromatic rings. The summed E-state index contributed by atoms with van der Waals surface area (Å²) in [6.07, 6.45) is -1.85. The van der Waals surface area contributed by atoms with Gasteiger partial charge in [0.1, 0.15) is 13.2 Å². The quantitative estimate of drug-likeness (QED) is 0.752. The van der Waals surface area contributed by atoms with Crippen LogP contribution < -0.4 is 9.47 Å². The summed E-state index contributed by atoms with van der Waals surface area (Å²) in [5.41, 5.74) is -0.392. The van der Waals surface area contributed by atoms with Gasteiger partial charge in [-0.1, -0.05) is 0 Å². The van der Waals surface area contributed by atoms with E-state index in [2.05, 4.69) is 4.74 Å². The minimum atomic E-state index is -1.85. The Bertz CT molecular complexity index is 487. The monoisotopic (exact) mass is 258 g/mol. The van der Waals surface area contributed by atoms with Crippen LogP contribution in [0.4, 0.5) is 4.39 Å². The van der Waals surface area contributed by atoms with Crippen molar-refractivity contribution in [2.24, 2.45) is 0 Å². The van der Waals surface area contributed by atoms with Gasteiger partial charge < -0.3 is 24.4 Å². The molecule has 0 aliphatic carbocycles. The van der Waals surface area contributed by atoms with E-state index in [-0.39, 0.29) is 24.7 Å². The average molecular weight is 258 g/mol. The molecule has 0 bridgehead atoms. The predicted molar refractivity (Wildman–Crippen MR) is 56.0 cm³/mol. The van der Waals surface area contributed by atoms with Crippen LogP contribution in [-0.4, -0.2) is 36.5 Å². The Labute approximate surface area is 102 Å². The Morgan fingerprint density at radius 1 is 1.50 bits per heavy atom. The molecule has 1 unspecified atom stereocenters. The maximum absolute atomic E-state index is 13.4. The maximum Gasteiger partial charge on any atom is 0.339 e. The molecule has 1 aliphatic rings. The Balaban J connectivity index is 2.56. The van der Waals surface area contributed by atoms with Crippen molar-refractivity contribution < 1.29 is 33.6 Å². The fourth-order valence-corrected chi connectivity index (χ4v) is 1.65. The molecule has 18 heavy (non-hydrogen) atoms. The van der Waals surface area contributed by atoms with Crippen LogP contribution in [0, 0.1) is 5.82 Å². The van der Waals surface area contributed by atoms with Crippen LogP contribution >= 0.6 is 0 Å². The Morgan fingerprint density at radius 3 is 2.83 bits per heavy atom. The number of phenolic OH excluding ortho intramolecular Hbond substituents is 1. The number of hydrogen-bond acceptors (Lipinski definition) is 6. The third-order valence-electron chi connectivity index (χ3n) is 2.49. The number of ether oxygens (including phenoxy) is 3. The number of aromatic hydroxyl groups is 1. The van der Waals surface area contributed by atoms with Crippen molar-refractivity contribution in [3.63, 3.8) is 0 Å². The van der Waals surface area contributed by atoms with Crippen molar-refractivity contribution in [3.8, 4) is 17.2 Å². The topological polar surface area (TPSA) is 85.2 Å². The highest BCUT2D eigenvalue weighted by atomic mass is 19.1. The highest BCUT2D eigenvalue weighted by Crippen LogP contribution is 2.44. The van der Waals surface area contributed by atoms with Gasteiger partial charge in [-0.15, -0.1) is 0 Å². The van der Waals surface area contributed by atoms with E-state index in [1.165, 1.54) is 0 Å². The number of fused-ring (bicyclic) bond motifs is 1. The molecular formula is C11H11FO6. The molecule has 2 N–H and O–H groups in total. The van der Waals surface area contributed by atoms with Gasteiger partial charge in [-0.2, -0.15) is 0 Å². The van der Waals surface area contributed by atoms with Crippen molar-refractivity contribution in [2.75, 3.05) is 20.3 Å². The first-order valence-corrected chi connectivity index (χ1v) is 5.13. The van der Waals surface area contributed by atoms with Crippen molar-refractivity contribution in [3.05, 3.63) is 17.4 Å². The maximum atomic E-state index is 13.4. The van der Waals surface area contributed by atoms with E-state index < -0.39 is 29.2 Å². The fourth-order valence-electron chi connectivity index (χ4n) is 1.65. The second-order valence-corrected chi connectivity index (χ2v) is 3.57. The fraction of sp³-hybridized carbons (Fsp3) is 0.364. The molecule has 6 nitrogen and oxygen atoms in total. The summed E-state index contributed by atoms with van der Waals surface area (Å²) >= 11 is 0. The van der Waals surface area contributed by atoms with Crippen LogP contribution in [0.2, 0.25) is 0 Å². The molecule has 0 saturated carbocycles. The van der Waals surface area contributed by atoms with Gasteiger partial charge in [-0.25, -0.2) is 9.18 Å². The van der Waals surface area contributed by atoms with E-state index in [9.17, 15) is 19.4 Å². The van der Waals surface area contributed by atoms with Gasteiger partial charge in [0, 0.05) is 6.07 Å². The van der Waals surface area contributed by atoms with E-state index in [1.54, 1.807) is 0 Å². The summed E-state index contributed by atoms with van der Waals surface area (Å²) in [6, 6.07) is 0.928. The predicted octanol–water partition coefficient (Wildman–Crippen LogP) is 0.509. The molecule has 1 aliphatic heterocycles. The molecular weight excluding hydrogens is 247 g/mol.